The lowest BCUT2D eigenvalue weighted by Crippen LogP contribution is -1.91. The molecule has 0 saturated carbocycles. The number of rotatable bonds is 3. The van der Waals surface area contributed by atoms with Gasteiger partial charge in [0.15, 0.2) is 11.4 Å². The topological polar surface area (TPSA) is 47.8 Å². The van der Waals surface area contributed by atoms with Crippen molar-refractivity contribution in [1.82, 2.24) is 14.8 Å². The van der Waals surface area contributed by atoms with Gasteiger partial charge < -0.3 is 4.57 Å². The molecule has 0 N–H and O–H groups in total. The molecule has 0 aliphatic carbocycles. The van der Waals surface area contributed by atoms with Crippen LogP contribution >= 0.6 is 27.7 Å². The molecule has 0 fully saturated rings. The summed E-state index contributed by atoms with van der Waals surface area (Å²) in [5, 5.41) is 8.50. The van der Waals surface area contributed by atoms with E-state index in [-0.39, 0.29) is 0 Å². The van der Waals surface area contributed by atoms with Crippen molar-refractivity contribution in [3.05, 3.63) is 34.6 Å². The molecule has 4 nitrogen and oxygen atoms in total. The summed E-state index contributed by atoms with van der Waals surface area (Å²) < 4.78 is 2.74. The van der Waals surface area contributed by atoms with Gasteiger partial charge >= 0.3 is 0 Å². The molecule has 0 atom stereocenters. The van der Waals surface area contributed by atoms with Crippen LogP contribution in [0.4, 0.5) is 0 Å². The lowest BCUT2D eigenvalue weighted by Gasteiger charge is -2.04. The van der Waals surface area contributed by atoms with Crippen LogP contribution in [0.2, 0.25) is 0 Å². The van der Waals surface area contributed by atoms with Gasteiger partial charge in [-0.15, -0.1) is 10.2 Å². The first kappa shape index (κ1) is 11.3. The van der Waals surface area contributed by atoms with Crippen LogP contribution in [0.25, 0.3) is 0 Å². The van der Waals surface area contributed by atoms with E-state index in [1.54, 1.807) is 17.0 Å². The maximum Gasteiger partial charge on any atom is 0.195 e. The average Bonchev–Trinajstić information content (AvgIpc) is 2.65. The van der Waals surface area contributed by atoms with Crippen LogP contribution in [0.3, 0.4) is 0 Å². The number of hydrogen-bond acceptors (Lipinski definition) is 4. The fourth-order valence-corrected chi connectivity index (χ4v) is 2.57. The van der Waals surface area contributed by atoms with Crippen LogP contribution in [0.1, 0.15) is 10.4 Å². The molecule has 0 aliphatic heterocycles. The minimum Gasteiger partial charge on any atom is -0.311 e. The minimum absolute atomic E-state index is 0.649. The standard InChI is InChI=1S/C10H8BrN3OS/c1-14-6-12-13-10(14)16-9-4-8(11)3-2-7(9)5-15/h2-6H,1H3. The average molecular weight is 298 g/mol. The van der Waals surface area contributed by atoms with Gasteiger partial charge in [-0.05, 0) is 30.0 Å². The molecule has 16 heavy (non-hydrogen) atoms. The van der Waals surface area contributed by atoms with Crippen LogP contribution in [-0.4, -0.2) is 21.1 Å². The highest BCUT2D eigenvalue weighted by atomic mass is 79.9. The van der Waals surface area contributed by atoms with Crippen molar-refractivity contribution >= 4 is 34.0 Å². The largest absolute Gasteiger partial charge is 0.311 e. The van der Waals surface area contributed by atoms with Crippen LogP contribution < -0.4 is 0 Å². The van der Waals surface area contributed by atoms with E-state index in [0.29, 0.717) is 5.56 Å². The molecule has 0 unspecified atom stereocenters. The number of halogens is 1. The second-order valence-corrected chi connectivity index (χ2v) is 5.05. The third-order valence-electron chi connectivity index (χ3n) is 1.97. The zero-order chi connectivity index (χ0) is 11.5. The SMILES string of the molecule is Cn1cnnc1Sc1cc(Br)ccc1C=O. The number of hydrogen-bond donors (Lipinski definition) is 0. The molecule has 1 heterocycles. The monoisotopic (exact) mass is 297 g/mol. The number of aryl methyl sites for hydroxylation is 1. The maximum absolute atomic E-state index is 10.9. The predicted octanol–water partition coefficient (Wildman–Crippen LogP) is 2.54. The molecule has 1 aromatic heterocycles. The number of aromatic nitrogens is 3. The van der Waals surface area contributed by atoms with Crippen molar-refractivity contribution in [3.63, 3.8) is 0 Å². The summed E-state index contributed by atoms with van der Waals surface area (Å²) in [6.07, 6.45) is 2.46. The Morgan fingerprint density at radius 3 is 2.94 bits per heavy atom. The molecule has 0 radical (unpaired) electrons. The van der Waals surface area contributed by atoms with Crippen molar-refractivity contribution < 1.29 is 4.79 Å². The van der Waals surface area contributed by atoms with E-state index >= 15 is 0 Å². The van der Waals surface area contributed by atoms with E-state index in [9.17, 15) is 4.79 Å². The van der Waals surface area contributed by atoms with Gasteiger partial charge in [0.2, 0.25) is 0 Å². The molecule has 6 heteroatoms. The minimum atomic E-state index is 0.649. The van der Waals surface area contributed by atoms with Gasteiger partial charge in [0.1, 0.15) is 6.33 Å². The van der Waals surface area contributed by atoms with Crippen molar-refractivity contribution in [1.29, 1.82) is 0 Å². The lowest BCUT2D eigenvalue weighted by atomic mass is 10.2. The Labute approximate surface area is 105 Å². The molecule has 0 spiro atoms. The van der Waals surface area contributed by atoms with E-state index in [4.69, 9.17) is 0 Å². The molecule has 0 amide bonds. The highest BCUT2D eigenvalue weighted by Crippen LogP contribution is 2.30. The highest BCUT2D eigenvalue weighted by molar-refractivity contribution is 9.10. The summed E-state index contributed by atoms with van der Waals surface area (Å²) in [6, 6.07) is 5.50. The quantitative estimate of drug-likeness (QED) is 0.817. The Kier molecular flexibility index (Phi) is 3.40. The number of carbonyl (C=O) groups excluding carboxylic acids is 1. The van der Waals surface area contributed by atoms with Crippen LogP contribution in [-0.2, 0) is 7.05 Å². The molecular formula is C10H8BrN3OS. The first-order chi connectivity index (χ1) is 7.70. The summed E-state index contributed by atoms with van der Waals surface area (Å²) in [4.78, 5) is 11.7. The molecule has 2 rings (SSSR count). The Hall–Kier alpha value is -1.14. The molecular weight excluding hydrogens is 290 g/mol. The number of carbonyl (C=O) groups is 1. The smallest absolute Gasteiger partial charge is 0.195 e. The summed E-state index contributed by atoms with van der Waals surface area (Å²) in [6.45, 7) is 0. The van der Waals surface area contributed by atoms with Gasteiger partial charge in [-0.3, -0.25) is 4.79 Å². The van der Waals surface area contributed by atoms with Gasteiger partial charge in [0, 0.05) is 22.0 Å². The molecule has 0 aliphatic rings. The van der Waals surface area contributed by atoms with Gasteiger partial charge in [-0.2, -0.15) is 0 Å². The van der Waals surface area contributed by atoms with Crippen molar-refractivity contribution in [2.45, 2.75) is 10.1 Å². The zero-order valence-corrected chi connectivity index (χ0v) is 10.8. The summed E-state index contributed by atoms with van der Waals surface area (Å²) in [5.74, 6) is 0. The zero-order valence-electron chi connectivity index (χ0n) is 8.42. The van der Waals surface area contributed by atoms with Crippen molar-refractivity contribution in [2.75, 3.05) is 0 Å². The second-order valence-electron chi connectivity index (χ2n) is 3.13. The number of benzene rings is 1. The highest BCUT2D eigenvalue weighted by Gasteiger charge is 2.08. The van der Waals surface area contributed by atoms with Crippen molar-refractivity contribution in [3.8, 4) is 0 Å². The van der Waals surface area contributed by atoms with Crippen molar-refractivity contribution in [2.24, 2.45) is 7.05 Å². The van der Waals surface area contributed by atoms with E-state index < -0.39 is 0 Å². The fraction of sp³-hybridized carbons (Fsp3) is 0.100. The fourth-order valence-electron chi connectivity index (χ4n) is 1.16. The lowest BCUT2D eigenvalue weighted by molar-refractivity contribution is 0.112. The summed E-state index contributed by atoms with van der Waals surface area (Å²) in [7, 11) is 1.86. The first-order valence-electron chi connectivity index (χ1n) is 4.47. The molecule has 1 aromatic carbocycles. The summed E-state index contributed by atoms with van der Waals surface area (Å²) in [5.41, 5.74) is 0.649. The Bertz CT molecular complexity index is 527. The van der Waals surface area contributed by atoms with Gasteiger partial charge in [0.05, 0.1) is 0 Å². The predicted molar refractivity (Wildman–Crippen MR) is 64.7 cm³/mol. The Morgan fingerprint density at radius 2 is 2.31 bits per heavy atom. The van der Waals surface area contributed by atoms with E-state index in [1.807, 2.05) is 19.2 Å². The first-order valence-corrected chi connectivity index (χ1v) is 6.08. The number of aldehydes is 1. The molecule has 0 bridgehead atoms. The molecule has 0 saturated heterocycles. The Balaban J connectivity index is 2.37. The normalized spacial score (nSPS) is 10.4. The second kappa shape index (κ2) is 4.80. The number of nitrogens with zero attached hydrogens (tertiary/aromatic N) is 3. The third-order valence-corrected chi connectivity index (χ3v) is 3.59. The van der Waals surface area contributed by atoms with Crippen LogP contribution in [0.15, 0.2) is 39.1 Å². The third kappa shape index (κ3) is 2.33. The van der Waals surface area contributed by atoms with Crippen LogP contribution in [0, 0.1) is 0 Å². The van der Waals surface area contributed by atoms with E-state index in [2.05, 4.69) is 26.1 Å². The molecule has 82 valence electrons. The van der Waals surface area contributed by atoms with Gasteiger partial charge in [-0.25, -0.2) is 0 Å². The van der Waals surface area contributed by atoms with E-state index in [0.717, 1.165) is 20.8 Å². The van der Waals surface area contributed by atoms with Gasteiger partial charge in [0.25, 0.3) is 0 Å². The van der Waals surface area contributed by atoms with Crippen LogP contribution in [0.5, 0.6) is 0 Å². The Morgan fingerprint density at radius 1 is 1.50 bits per heavy atom. The van der Waals surface area contributed by atoms with Gasteiger partial charge in [-0.1, -0.05) is 15.9 Å². The maximum atomic E-state index is 10.9. The summed E-state index contributed by atoms with van der Waals surface area (Å²) >= 11 is 4.79. The van der Waals surface area contributed by atoms with E-state index in [1.165, 1.54) is 11.8 Å². The molecule has 2 aromatic rings.